The van der Waals surface area contributed by atoms with E-state index in [1.165, 1.54) is 6.33 Å². The molecule has 0 unspecified atom stereocenters. The maximum atomic E-state index is 14.0. The maximum absolute atomic E-state index is 14.0. The largest absolute Gasteiger partial charge is 0.454 e. The van der Waals surface area contributed by atoms with Gasteiger partial charge in [-0.05, 0) is 68.0 Å². The fourth-order valence-corrected chi connectivity index (χ4v) is 5.03. The molecule has 9 nitrogen and oxygen atoms in total. The molecule has 2 N–H and O–H groups in total. The molecule has 2 aliphatic rings. The van der Waals surface area contributed by atoms with Gasteiger partial charge in [0.1, 0.15) is 41.0 Å². The molecule has 3 heterocycles. The van der Waals surface area contributed by atoms with Gasteiger partial charge < -0.3 is 15.4 Å². The van der Waals surface area contributed by atoms with Crippen LogP contribution in [0.25, 0.3) is 22.3 Å². The zero-order chi connectivity index (χ0) is 27.8. The molecule has 202 valence electrons. The minimum Gasteiger partial charge on any atom is -0.454 e. The lowest BCUT2D eigenvalue weighted by molar-refractivity contribution is -0.127. The minimum absolute atomic E-state index is 0.160. The molecule has 0 radical (unpaired) electrons. The van der Waals surface area contributed by atoms with Gasteiger partial charge in [-0.15, -0.1) is 0 Å². The number of amides is 1. The second kappa shape index (κ2) is 10.4. The number of allylic oxidation sites excluding steroid dienone is 1. The third-order valence-corrected chi connectivity index (χ3v) is 7.20. The van der Waals surface area contributed by atoms with E-state index in [0.717, 1.165) is 43.9 Å². The zero-order valence-corrected chi connectivity index (χ0v) is 21.4. The first-order valence-corrected chi connectivity index (χ1v) is 13.0. The molecule has 1 atom stereocenters. The van der Waals surface area contributed by atoms with Gasteiger partial charge in [0.15, 0.2) is 17.2 Å². The monoisotopic (exact) mass is 541 g/mol. The summed E-state index contributed by atoms with van der Waals surface area (Å²) in [6, 6.07) is 11.6. The number of aromatic nitrogens is 4. The summed E-state index contributed by atoms with van der Waals surface area (Å²) in [4.78, 5) is 23.5. The molecule has 1 saturated heterocycles. The van der Waals surface area contributed by atoms with Crippen molar-refractivity contribution in [1.29, 1.82) is 5.26 Å². The summed E-state index contributed by atoms with van der Waals surface area (Å²) < 4.78 is 34.8. The summed E-state index contributed by atoms with van der Waals surface area (Å²) in [7, 11) is 0. The third kappa shape index (κ3) is 4.96. The van der Waals surface area contributed by atoms with Crippen LogP contribution in [-0.4, -0.2) is 43.1 Å². The van der Waals surface area contributed by atoms with E-state index in [1.54, 1.807) is 39.9 Å². The third-order valence-electron chi connectivity index (χ3n) is 7.20. The first kappa shape index (κ1) is 25.4. The Hall–Kier alpha value is -4.85. The Bertz CT molecular complexity index is 1670. The molecule has 1 saturated carbocycles. The number of hydrogen-bond acceptors (Lipinski definition) is 7. The molecule has 0 bridgehead atoms. The molecule has 4 aromatic rings. The van der Waals surface area contributed by atoms with Crippen molar-refractivity contribution < 1.29 is 18.3 Å². The molecule has 6 rings (SSSR count). The average Bonchev–Trinajstić information content (AvgIpc) is 3.53. The van der Waals surface area contributed by atoms with E-state index in [1.807, 2.05) is 0 Å². The standard InChI is InChI=1S/C29H25F2N7O2/c30-20-7-10-23(31)24(13-20)40-22-8-5-18(6-9-22)26-25-27(33)34-16-35-28(25)38(36-26)15-21-2-1-11-37(21)29(39)19(14-32)12-17-3-4-17/h5-10,12-13,16-17,21H,1-4,11,15H2,(H2,33,34,35)/b19-12-/t21-/m1/s1. The molecule has 40 heavy (non-hydrogen) atoms. The zero-order valence-electron chi connectivity index (χ0n) is 21.4. The minimum atomic E-state index is -0.676. The average molecular weight is 542 g/mol. The Labute approximate surface area is 228 Å². The van der Waals surface area contributed by atoms with Gasteiger partial charge in [0.05, 0.1) is 18.0 Å². The van der Waals surface area contributed by atoms with Crippen LogP contribution in [0.1, 0.15) is 25.7 Å². The van der Waals surface area contributed by atoms with Gasteiger partial charge in [-0.3, -0.25) is 4.79 Å². The van der Waals surface area contributed by atoms with Crippen LogP contribution in [0.5, 0.6) is 11.5 Å². The van der Waals surface area contributed by atoms with Gasteiger partial charge in [0.2, 0.25) is 0 Å². The lowest BCUT2D eigenvalue weighted by atomic mass is 10.1. The fourth-order valence-electron chi connectivity index (χ4n) is 5.03. The second-order valence-electron chi connectivity index (χ2n) is 10.0. The summed E-state index contributed by atoms with van der Waals surface area (Å²) in [6.07, 6.45) is 6.79. The molecule has 2 aromatic heterocycles. The Kier molecular flexibility index (Phi) is 6.59. The lowest BCUT2D eigenvalue weighted by Gasteiger charge is -2.24. The smallest absolute Gasteiger partial charge is 0.264 e. The Balaban J connectivity index is 1.28. The van der Waals surface area contributed by atoms with E-state index >= 15 is 0 Å². The van der Waals surface area contributed by atoms with Crippen molar-refractivity contribution >= 4 is 22.8 Å². The quantitative estimate of drug-likeness (QED) is 0.258. The number of carbonyl (C=O) groups excluding carboxylic acids is 1. The fraction of sp³-hybridized carbons (Fsp3) is 0.276. The molecule has 1 aliphatic carbocycles. The maximum Gasteiger partial charge on any atom is 0.264 e. The number of ether oxygens (including phenoxy) is 1. The summed E-state index contributed by atoms with van der Waals surface area (Å²) >= 11 is 0. The highest BCUT2D eigenvalue weighted by Crippen LogP contribution is 2.34. The Morgan fingerprint density at radius 3 is 2.70 bits per heavy atom. The van der Waals surface area contributed by atoms with E-state index in [4.69, 9.17) is 15.6 Å². The number of nitriles is 1. The van der Waals surface area contributed by atoms with E-state index < -0.39 is 11.6 Å². The first-order valence-electron chi connectivity index (χ1n) is 13.0. The van der Waals surface area contributed by atoms with Crippen molar-refractivity contribution in [2.45, 2.75) is 38.3 Å². The van der Waals surface area contributed by atoms with Crippen LogP contribution in [0.4, 0.5) is 14.6 Å². The topological polar surface area (TPSA) is 123 Å². The Morgan fingerprint density at radius 1 is 1.15 bits per heavy atom. The number of rotatable bonds is 7. The number of hydrogen-bond donors (Lipinski definition) is 1. The number of nitrogen functional groups attached to an aromatic ring is 1. The molecule has 1 amide bonds. The summed E-state index contributed by atoms with van der Waals surface area (Å²) in [5.41, 5.74) is 8.21. The van der Waals surface area contributed by atoms with Crippen LogP contribution < -0.4 is 10.5 Å². The molecular formula is C29H25F2N7O2. The van der Waals surface area contributed by atoms with E-state index in [2.05, 4.69) is 16.0 Å². The Morgan fingerprint density at radius 2 is 1.95 bits per heavy atom. The van der Waals surface area contributed by atoms with Crippen LogP contribution in [0.2, 0.25) is 0 Å². The first-order chi connectivity index (χ1) is 19.4. The normalized spacial score (nSPS) is 17.3. The number of carbonyl (C=O) groups is 1. The van der Waals surface area contributed by atoms with Gasteiger partial charge in [-0.2, -0.15) is 10.4 Å². The highest BCUT2D eigenvalue weighted by Gasteiger charge is 2.33. The van der Waals surface area contributed by atoms with E-state index in [9.17, 15) is 18.8 Å². The van der Waals surface area contributed by atoms with Crippen molar-refractivity contribution in [3.8, 4) is 28.8 Å². The van der Waals surface area contributed by atoms with Crippen molar-refractivity contribution in [1.82, 2.24) is 24.6 Å². The van der Waals surface area contributed by atoms with Gasteiger partial charge >= 0.3 is 0 Å². The van der Waals surface area contributed by atoms with Crippen molar-refractivity contribution in [2.24, 2.45) is 5.92 Å². The molecule has 11 heteroatoms. The van der Waals surface area contributed by atoms with Crippen LogP contribution in [0, 0.1) is 28.9 Å². The number of anilines is 1. The van der Waals surface area contributed by atoms with Crippen LogP contribution in [0.15, 0.2) is 60.4 Å². The van der Waals surface area contributed by atoms with Gasteiger partial charge in [-0.25, -0.2) is 23.4 Å². The number of benzene rings is 2. The van der Waals surface area contributed by atoms with Gasteiger partial charge in [-0.1, -0.05) is 6.08 Å². The predicted octanol–water partition coefficient (Wildman–Crippen LogP) is 5.00. The number of fused-ring (bicyclic) bond motifs is 1. The molecule has 1 aliphatic heterocycles. The summed E-state index contributed by atoms with van der Waals surface area (Å²) in [6.45, 7) is 0.949. The molecule has 2 fully saturated rings. The number of halogens is 2. The number of likely N-dealkylation sites (tertiary alicyclic amines) is 1. The summed E-state index contributed by atoms with van der Waals surface area (Å²) in [5.74, 6) is -0.854. The van der Waals surface area contributed by atoms with Crippen molar-refractivity contribution in [3.63, 3.8) is 0 Å². The predicted molar refractivity (Wildman–Crippen MR) is 143 cm³/mol. The highest BCUT2D eigenvalue weighted by atomic mass is 19.1. The summed E-state index contributed by atoms with van der Waals surface area (Å²) in [5, 5.41) is 15.0. The van der Waals surface area contributed by atoms with Crippen molar-refractivity contribution in [3.05, 3.63) is 72.1 Å². The van der Waals surface area contributed by atoms with E-state index in [-0.39, 0.29) is 29.1 Å². The highest BCUT2D eigenvalue weighted by molar-refractivity contribution is 5.99. The van der Waals surface area contributed by atoms with Crippen LogP contribution in [0.3, 0.4) is 0 Å². The number of nitrogens with two attached hydrogens (primary N) is 1. The second-order valence-corrected chi connectivity index (χ2v) is 10.0. The molecular weight excluding hydrogens is 516 g/mol. The van der Waals surface area contributed by atoms with Crippen LogP contribution in [-0.2, 0) is 11.3 Å². The molecule has 2 aromatic carbocycles. The van der Waals surface area contributed by atoms with Crippen LogP contribution >= 0.6 is 0 Å². The number of nitrogens with zero attached hydrogens (tertiary/aromatic N) is 6. The molecule has 0 spiro atoms. The SMILES string of the molecule is N#C/C(=C/C1CC1)C(=O)N1CCC[C@@H]1Cn1nc(-c2ccc(Oc3cc(F)ccc3F)cc2)c2c(N)ncnc21. The van der Waals surface area contributed by atoms with Gasteiger partial charge in [0.25, 0.3) is 5.91 Å². The van der Waals surface area contributed by atoms with Crippen molar-refractivity contribution in [2.75, 3.05) is 12.3 Å². The van der Waals surface area contributed by atoms with E-state index in [0.29, 0.717) is 47.0 Å². The van der Waals surface area contributed by atoms with Gasteiger partial charge in [0, 0.05) is 18.2 Å². The lowest BCUT2D eigenvalue weighted by Crippen LogP contribution is -2.39.